The molecule has 0 aliphatic heterocycles. The number of hydrogen-bond donors (Lipinski definition) is 3. The molecule has 0 saturated carbocycles. The monoisotopic (exact) mass is 690 g/mol. The molecule has 3 rings (SSSR count). The molecular formula is C33H34F8N2O5. The van der Waals surface area contributed by atoms with E-state index < -0.39 is 41.4 Å². The second kappa shape index (κ2) is 18.4. The number of aromatic carboxylic acids is 1. The van der Waals surface area contributed by atoms with Crippen LogP contribution in [-0.2, 0) is 11.0 Å². The first-order valence-electron chi connectivity index (χ1n) is 14.1. The van der Waals surface area contributed by atoms with Gasteiger partial charge in [0.1, 0.15) is 17.4 Å². The van der Waals surface area contributed by atoms with Gasteiger partial charge in [0, 0.05) is 17.3 Å². The molecule has 0 fully saturated rings. The summed E-state index contributed by atoms with van der Waals surface area (Å²) >= 11 is 0. The van der Waals surface area contributed by atoms with Crippen LogP contribution in [0.15, 0.2) is 66.2 Å². The minimum Gasteiger partial charge on any atom is -0.496 e. The number of carbonyl (C=O) groups is 3. The van der Waals surface area contributed by atoms with E-state index >= 15 is 0 Å². The van der Waals surface area contributed by atoms with Crippen LogP contribution in [0, 0.1) is 17.6 Å². The number of halogens is 8. The fourth-order valence-electron chi connectivity index (χ4n) is 4.33. The average Bonchev–Trinajstić information content (AvgIpc) is 3.00. The van der Waals surface area contributed by atoms with Gasteiger partial charge in [-0.05, 0) is 79.8 Å². The second-order valence-electron chi connectivity index (χ2n) is 10.1. The molecule has 3 aromatic rings. The van der Waals surface area contributed by atoms with E-state index in [2.05, 4.69) is 0 Å². The van der Waals surface area contributed by atoms with Crippen molar-refractivity contribution in [1.29, 1.82) is 0 Å². The standard InChI is InChI=1S/C15H12FNO4.C10H17F3.C8H5F4NO/c1-21-13-5-3-8(6-11(13)14(17)18)10-7-9(15(19)20)2-4-12(10)16;1-4-6-9(5-2)8(3)7-10(11,12)13;9-7-2-1-5(13-4-14)3-6(7)8(10,11)12/h2-7H,1H3,(H2,17,18)(H,19,20);7,9H,4-6H2,1-3H3;1-4H,(H,13,14)/b;8-7+;. The Morgan fingerprint density at radius 1 is 0.958 bits per heavy atom. The number of carboxylic acids is 1. The molecule has 3 aromatic carbocycles. The van der Waals surface area contributed by atoms with E-state index in [1.165, 1.54) is 37.4 Å². The van der Waals surface area contributed by atoms with E-state index in [9.17, 15) is 49.5 Å². The van der Waals surface area contributed by atoms with Crippen LogP contribution in [0.25, 0.3) is 11.1 Å². The summed E-state index contributed by atoms with van der Waals surface area (Å²) in [5.41, 5.74) is 4.65. The number of hydrogen-bond acceptors (Lipinski definition) is 4. The zero-order valence-corrected chi connectivity index (χ0v) is 26.2. The average molecular weight is 691 g/mol. The van der Waals surface area contributed by atoms with Crippen molar-refractivity contribution >= 4 is 24.0 Å². The van der Waals surface area contributed by atoms with E-state index in [-0.39, 0.29) is 40.5 Å². The van der Waals surface area contributed by atoms with Crippen molar-refractivity contribution < 1.29 is 59.4 Å². The first-order valence-corrected chi connectivity index (χ1v) is 14.1. The molecule has 0 spiro atoms. The Balaban J connectivity index is 0.000000377. The number of nitrogens with two attached hydrogens (primary N) is 1. The third-order valence-corrected chi connectivity index (χ3v) is 6.65. The lowest BCUT2D eigenvalue weighted by Gasteiger charge is -2.15. The SMILES string of the molecule is CCCC(CC)/C(C)=C/C(F)(F)F.COc1ccc(-c2cc(C(=O)O)ccc2F)cc1C(N)=O.O=CNc1ccc(F)c(C(F)(F)F)c1. The first kappa shape index (κ1) is 41.1. The fourth-order valence-corrected chi connectivity index (χ4v) is 4.33. The van der Waals surface area contributed by atoms with Crippen molar-refractivity contribution in [2.45, 2.75) is 52.4 Å². The van der Waals surface area contributed by atoms with Gasteiger partial charge in [0.2, 0.25) is 6.41 Å². The number of allylic oxidation sites excluding steroid dienone is 2. The maximum Gasteiger partial charge on any atom is 0.419 e. The van der Waals surface area contributed by atoms with E-state index in [1.807, 2.05) is 19.2 Å². The van der Waals surface area contributed by atoms with Gasteiger partial charge >= 0.3 is 18.3 Å². The highest BCUT2D eigenvalue weighted by Crippen LogP contribution is 2.33. The zero-order chi connectivity index (χ0) is 36.8. The van der Waals surface area contributed by atoms with Crippen LogP contribution in [0.5, 0.6) is 5.75 Å². The quantitative estimate of drug-likeness (QED) is 0.111. The van der Waals surface area contributed by atoms with Crippen LogP contribution in [0.4, 0.5) is 40.8 Å². The number of alkyl halides is 6. The largest absolute Gasteiger partial charge is 0.496 e. The molecular weight excluding hydrogens is 656 g/mol. The molecule has 1 atom stereocenters. The van der Waals surface area contributed by atoms with E-state index in [0.717, 1.165) is 31.4 Å². The molecule has 1 unspecified atom stereocenters. The molecule has 4 N–H and O–H groups in total. The smallest absolute Gasteiger partial charge is 0.419 e. The van der Waals surface area contributed by atoms with Crippen LogP contribution in [0.1, 0.15) is 66.3 Å². The Bertz CT molecular complexity index is 1590. The van der Waals surface area contributed by atoms with Gasteiger partial charge in [0.25, 0.3) is 5.91 Å². The number of carbonyl (C=O) groups excluding carboxylic acids is 2. The predicted octanol–water partition coefficient (Wildman–Crippen LogP) is 9.03. The van der Waals surface area contributed by atoms with Gasteiger partial charge in [-0.3, -0.25) is 9.59 Å². The Hall–Kier alpha value is -4.95. The van der Waals surface area contributed by atoms with Crippen LogP contribution in [0.2, 0.25) is 0 Å². The summed E-state index contributed by atoms with van der Waals surface area (Å²) in [5.74, 6) is -3.49. The van der Waals surface area contributed by atoms with Crippen molar-refractivity contribution in [3.63, 3.8) is 0 Å². The lowest BCUT2D eigenvalue weighted by molar-refractivity contribution is -0.140. The lowest BCUT2D eigenvalue weighted by Crippen LogP contribution is -2.12. The molecule has 0 aliphatic carbocycles. The van der Waals surface area contributed by atoms with Gasteiger partial charge in [0.05, 0.1) is 23.8 Å². The third-order valence-electron chi connectivity index (χ3n) is 6.65. The van der Waals surface area contributed by atoms with Crippen molar-refractivity contribution in [2.75, 3.05) is 12.4 Å². The zero-order valence-electron chi connectivity index (χ0n) is 26.2. The summed E-state index contributed by atoms with van der Waals surface area (Å²) in [6, 6.07) is 10.0. The molecule has 0 aromatic heterocycles. The first-order chi connectivity index (χ1) is 22.3. The highest BCUT2D eigenvalue weighted by molar-refractivity contribution is 5.97. The van der Waals surface area contributed by atoms with E-state index in [1.54, 1.807) is 6.92 Å². The Morgan fingerprint density at radius 3 is 2.06 bits per heavy atom. The Kier molecular flexibility index (Phi) is 15.7. The van der Waals surface area contributed by atoms with Gasteiger partial charge < -0.3 is 20.9 Å². The minimum absolute atomic E-state index is 0.0529. The topological polar surface area (TPSA) is 119 Å². The normalized spacial score (nSPS) is 12.0. The number of nitrogens with one attached hydrogen (secondary N) is 1. The molecule has 0 bridgehead atoms. The highest BCUT2D eigenvalue weighted by Gasteiger charge is 2.34. The molecule has 0 saturated heterocycles. The van der Waals surface area contributed by atoms with Gasteiger partial charge in [-0.25, -0.2) is 13.6 Å². The third kappa shape index (κ3) is 13.0. The number of methoxy groups -OCH3 is 1. The summed E-state index contributed by atoms with van der Waals surface area (Å²) in [7, 11) is 1.38. The Morgan fingerprint density at radius 2 is 1.58 bits per heavy atom. The predicted molar refractivity (Wildman–Crippen MR) is 163 cm³/mol. The second-order valence-corrected chi connectivity index (χ2v) is 10.1. The number of carboxylic acid groups (broad SMARTS) is 1. The molecule has 2 amide bonds. The molecule has 262 valence electrons. The summed E-state index contributed by atoms with van der Waals surface area (Å²) in [4.78, 5) is 32.3. The molecule has 48 heavy (non-hydrogen) atoms. The van der Waals surface area contributed by atoms with E-state index in [4.69, 9.17) is 15.6 Å². The Labute approximate surface area is 271 Å². The maximum absolute atomic E-state index is 13.9. The van der Waals surface area contributed by atoms with Crippen LogP contribution < -0.4 is 15.8 Å². The lowest BCUT2D eigenvalue weighted by atomic mass is 9.93. The molecule has 0 aliphatic rings. The minimum atomic E-state index is -4.76. The number of rotatable bonds is 10. The summed E-state index contributed by atoms with van der Waals surface area (Å²) < 4.78 is 104. The number of amides is 2. The number of primary amides is 1. The molecule has 7 nitrogen and oxygen atoms in total. The maximum atomic E-state index is 13.9. The van der Waals surface area contributed by atoms with E-state index in [0.29, 0.717) is 29.3 Å². The van der Waals surface area contributed by atoms with Crippen molar-refractivity contribution in [3.8, 4) is 16.9 Å². The fraction of sp³-hybridized carbons (Fsp3) is 0.303. The highest BCUT2D eigenvalue weighted by atomic mass is 19.4. The van der Waals surface area contributed by atoms with Gasteiger partial charge in [-0.15, -0.1) is 0 Å². The van der Waals surface area contributed by atoms with Crippen molar-refractivity contribution in [2.24, 2.45) is 11.7 Å². The van der Waals surface area contributed by atoms with Crippen LogP contribution >= 0.6 is 0 Å². The summed E-state index contributed by atoms with van der Waals surface area (Å²) in [6.45, 7) is 5.48. The summed E-state index contributed by atoms with van der Waals surface area (Å²) in [6.07, 6.45) is -5.72. The van der Waals surface area contributed by atoms with Gasteiger partial charge in [-0.2, -0.15) is 26.3 Å². The molecule has 15 heteroatoms. The number of ether oxygens (including phenoxy) is 1. The van der Waals surface area contributed by atoms with Crippen LogP contribution in [0.3, 0.4) is 0 Å². The number of benzene rings is 3. The van der Waals surface area contributed by atoms with Gasteiger partial charge in [-0.1, -0.05) is 31.9 Å². The molecule has 0 radical (unpaired) electrons. The van der Waals surface area contributed by atoms with Crippen molar-refractivity contribution in [1.82, 2.24) is 0 Å². The molecule has 0 heterocycles. The van der Waals surface area contributed by atoms with Gasteiger partial charge in [0.15, 0.2) is 0 Å². The van der Waals surface area contributed by atoms with Crippen molar-refractivity contribution in [3.05, 3.63) is 94.6 Å². The summed E-state index contributed by atoms with van der Waals surface area (Å²) in [5, 5.41) is 11.0. The number of anilines is 1. The van der Waals surface area contributed by atoms with Crippen LogP contribution in [-0.4, -0.2) is 36.7 Å².